The lowest BCUT2D eigenvalue weighted by atomic mass is 10.1. The van der Waals surface area contributed by atoms with Gasteiger partial charge in [-0.2, -0.15) is 0 Å². The fourth-order valence-electron chi connectivity index (χ4n) is 1.93. The SMILES string of the molecule is O=C1CCN(C(=O)COCc2ccccc2)CC1. The van der Waals surface area contributed by atoms with Crippen molar-refractivity contribution in [1.82, 2.24) is 4.90 Å². The minimum absolute atomic E-state index is 0.0292. The van der Waals surface area contributed by atoms with Gasteiger partial charge in [0, 0.05) is 25.9 Å². The fourth-order valence-corrected chi connectivity index (χ4v) is 1.93. The van der Waals surface area contributed by atoms with Crippen LogP contribution >= 0.6 is 0 Å². The minimum Gasteiger partial charge on any atom is -0.367 e. The van der Waals surface area contributed by atoms with Crippen LogP contribution in [0.1, 0.15) is 18.4 Å². The van der Waals surface area contributed by atoms with Crippen LogP contribution in [0.25, 0.3) is 0 Å². The molecule has 1 amide bonds. The Labute approximate surface area is 107 Å². The van der Waals surface area contributed by atoms with Crippen LogP contribution in [-0.4, -0.2) is 36.3 Å². The molecular weight excluding hydrogens is 230 g/mol. The van der Waals surface area contributed by atoms with Crippen molar-refractivity contribution in [3.63, 3.8) is 0 Å². The highest BCUT2D eigenvalue weighted by Gasteiger charge is 2.20. The lowest BCUT2D eigenvalue weighted by Gasteiger charge is -2.25. The van der Waals surface area contributed by atoms with Crippen molar-refractivity contribution >= 4 is 11.7 Å². The normalized spacial score (nSPS) is 15.8. The summed E-state index contributed by atoms with van der Waals surface area (Å²) in [6, 6.07) is 9.75. The highest BCUT2D eigenvalue weighted by atomic mass is 16.5. The van der Waals surface area contributed by atoms with Gasteiger partial charge in [0.05, 0.1) is 6.61 Å². The molecule has 4 heteroatoms. The number of carbonyl (C=O) groups excluding carboxylic acids is 2. The summed E-state index contributed by atoms with van der Waals surface area (Å²) in [4.78, 5) is 24.5. The molecule has 0 aliphatic carbocycles. The first-order valence-corrected chi connectivity index (χ1v) is 6.17. The maximum absolute atomic E-state index is 11.8. The number of rotatable bonds is 4. The second kappa shape index (κ2) is 6.31. The molecule has 0 unspecified atom stereocenters. The average Bonchev–Trinajstić information content (AvgIpc) is 2.40. The molecule has 0 radical (unpaired) electrons. The van der Waals surface area contributed by atoms with E-state index in [0.717, 1.165) is 5.56 Å². The van der Waals surface area contributed by atoms with Crippen molar-refractivity contribution < 1.29 is 14.3 Å². The number of nitrogens with zero attached hydrogens (tertiary/aromatic N) is 1. The van der Waals surface area contributed by atoms with Gasteiger partial charge >= 0.3 is 0 Å². The van der Waals surface area contributed by atoms with Crippen LogP contribution in [0.5, 0.6) is 0 Å². The zero-order valence-electron chi connectivity index (χ0n) is 10.3. The minimum atomic E-state index is -0.0292. The van der Waals surface area contributed by atoms with Crippen LogP contribution in [0.15, 0.2) is 30.3 Å². The van der Waals surface area contributed by atoms with E-state index in [9.17, 15) is 9.59 Å². The molecule has 18 heavy (non-hydrogen) atoms. The summed E-state index contributed by atoms with van der Waals surface area (Å²) >= 11 is 0. The second-order valence-electron chi connectivity index (χ2n) is 4.40. The van der Waals surface area contributed by atoms with Gasteiger partial charge in [0.25, 0.3) is 0 Å². The zero-order chi connectivity index (χ0) is 12.8. The molecule has 0 N–H and O–H groups in total. The molecular formula is C14H17NO3. The van der Waals surface area contributed by atoms with E-state index in [0.29, 0.717) is 32.5 Å². The Morgan fingerprint density at radius 2 is 1.83 bits per heavy atom. The topological polar surface area (TPSA) is 46.6 Å². The third-order valence-electron chi connectivity index (χ3n) is 3.01. The molecule has 0 bridgehead atoms. The van der Waals surface area contributed by atoms with Gasteiger partial charge in [0.15, 0.2) is 0 Å². The molecule has 2 rings (SSSR count). The van der Waals surface area contributed by atoms with Gasteiger partial charge in [-0.3, -0.25) is 9.59 Å². The quantitative estimate of drug-likeness (QED) is 0.808. The first-order chi connectivity index (χ1) is 8.75. The molecule has 0 spiro atoms. The average molecular weight is 247 g/mol. The predicted octanol–water partition coefficient (Wildman–Crippen LogP) is 1.39. The van der Waals surface area contributed by atoms with Crippen molar-refractivity contribution in [2.24, 2.45) is 0 Å². The van der Waals surface area contributed by atoms with E-state index >= 15 is 0 Å². The molecule has 1 heterocycles. The number of ketones is 1. The predicted molar refractivity (Wildman–Crippen MR) is 66.9 cm³/mol. The van der Waals surface area contributed by atoms with Crippen molar-refractivity contribution in [2.45, 2.75) is 19.4 Å². The van der Waals surface area contributed by atoms with E-state index in [-0.39, 0.29) is 18.3 Å². The van der Waals surface area contributed by atoms with Crippen molar-refractivity contribution in [3.05, 3.63) is 35.9 Å². The number of hydrogen-bond donors (Lipinski definition) is 0. The summed E-state index contributed by atoms with van der Waals surface area (Å²) < 4.78 is 5.39. The van der Waals surface area contributed by atoms with Crippen molar-refractivity contribution in [3.8, 4) is 0 Å². The number of Topliss-reactive ketones (excluding diaryl/α,β-unsaturated/α-hetero) is 1. The molecule has 1 aromatic rings. The monoisotopic (exact) mass is 247 g/mol. The summed E-state index contributed by atoms with van der Waals surface area (Å²) in [6.45, 7) is 1.60. The number of carbonyl (C=O) groups is 2. The maximum atomic E-state index is 11.8. The van der Waals surface area contributed by atoms with E-state index in [2.05, 4.69) is 0 Å². The van der Waals surface area contributed by atoms with E-state index in [4.69, 9.17) is 4.74 Å². The summed E-state index contributed by atoms with van der Waals surface area (Å²) in [6.07, 6.45) is 0.953. The van der Waals surface area contributed by atoms with Crippen LogP contribution in [0.2, 0.25) is 0 Å². The van der Waals surface area contributed by atoms with E-state index in [1.165, 1.54) is 0 Å². The van der Waals surface area contributed by atoms with Crippen LogP contribution < -0.4 is 0 Å². The maximum Gasteiger partial charge on any atom is 0.248 e. The van der Waals surface area contributed by atoms with Crippen molar-refractivity contribution in [1.29, 1.82) is 0 Å². The van der Waals surface area contributed by atoms with E-state index < -0.39 is 0 Å². The Morgan fingerprint density at radius 3 is 2.50 bits per heavy atom. The summed E-state index contributed by atoms with van der Waals surface area (Å²) in [5.74, 6) is 0.211. The van der Waals surface area contributed by atoms with Crippen LogP contribution in [0.4, 0.5) is 0 Å². The molecule has 0 atom stereocenters. The van der Waals surface area contributed by atoms with E-state index in [1.807, 2.05) is 30.3 Å². The Bertz CT molecular complexity index is 406. The fraction of sp³-hybridized carbons (Fsp3) is 0.429. The second-order valence-corrected chi connectivity index (χ2v) is 4.40. The highest BCUT2D eigenvalue weighted by molar-refractivity contribution is 5.83. The first-order valence-electron chi connectivity index (χ1n) is 6.17. The van der Waals surface area contributed by atoms with Gasteiger partial charge in [-0.25, -0.2) is 0 Å². The number of amides is 1. The van der Waals surface area contributed by atoms with Gasteiger partial charge in [-0.1, -0.05) is 30.3 Å². The number of hydrogen-bond acceptors (Lipinski definition) is 3. The third-order valence-corrected chi connectivity index (χ3v) is 3.01. The number of ether oxygens (including phenoxy) is 1. The summed E-state index contributed by atoms with van der Waals surface area (Å²) in [7, 11) is 0. The molecule has 1 aliphatic rings. The van der Waals surface area contributed by atoms with Crippen molar-refractivity contribution in [2.75, 3.05) is 19.7 Å². The number of piperidine rings is 1. The summed E-state index contributed by atoms with van der Waals surface area (Å²) in [5.41, 5.74) is 1.05. The van der Waals surface area contributed by atoms with Crippen LogP contribution in [0, 0.1) is 0 Å². The van der Waals surface area contributed by atoms with Crippen LogP contribution in [-0.2, 0) is 20.9 Å². The standard InChI is InChI=1S/C14H17NO3/c16-13-6-8-15(9-7-13)14(17)11-18-10-12-4-2-1-3-5-12/h1-5H,6-11H2. The number of likely N-dealkylation sites (tertiary alicyclic amines) is 1. The Morgan fingerprint density at radius 1 is 1.17 bits per heavy atom. The Balaban J connectivity index is 1.70. The molecule has 1 aromatic carbocycles. The molecule has 4 nitrogen and oxygen atoms in total. The van der Waals surface area contributed by atoms with Crippen LogP contribution in [0.3, 0.4) is 0 Å². The molecule has 0 aromatic heterocycles. The van der Waals surface area contributed by atoms with Gasteiger partial charge in [-0.15, -0.1) is 0 Å². The molecule has 0 saturated carbocycles. The van der Waals surface area contributed by atoms with Gasteiger partial charge in [0.1, 0.15) is 12.4 Å². The molecule has 1 aliphatic heterocycles. The van der Waals surface area contributed by atoms with E-state index in [1.54, 1.807) is 4.90 Å². The largest absolute Gasteiger partial charge is 0.367 e. The lowest BCUT2D eigenvalue weighted by molar-refractivity contribution is -0.139. The zero-order valence-corrected chi connectivity index (χ0v) is 10.3. The molecule has 96 valence electrons. The Kier molecular flexibility index (Phi) is 4.47. The lowest BCUT2D eigenvalue weighted by Crippen LogP contribution is -2.40. The smallest absolute Gasteiger partial charge is 0.248 e. The molecule has 1 saturated heterocycles. The Hall–Kier alpha value is -1.68. The molecule has 1 fully saturated rings. The first kappa shape index (κ1) is 12.8. The third kappa shape index (κ3) is 3.67. The highest BCUT2D eigenvalue weighted by Crippen LogP contribution is 2.06. The van der Waals surface area contributed by atoms with Gasteiger partial charge in [0.2, 0.25) is 5.91 Å². The van der Waals surface area contributed by atoms with Gasteiger partial charge < -0.3 is 9.64 Å². The summed E-state index contributed by atoms with van der Waals surface area (Å²) in [5, 5.41) is 0. The number of benzene rings is 1. The van der Waals surface area contributed by atoms with Gasteiger partial charge in [-0.05, 0) is 5.56 Å².